The number of carbonyl (C=O) groups is 1. The number of hydrogen-bond donors (Lipinski definition) is 2. The molecule has 4 saturated carbocycles. The minimum Gasteiger partial charge on any atom is -0.365 e. The molecule has 0 amide bonds. The van der Waals surface area contributed by atoms with Gasteiger partial charge < -0.3 is 10.2 Å². The summed E-state index contributed by atoms with van der Waals surface area (Å²) in [5, 5.41) is 21.8. The fourth-order valence-corrected chi connectivity index (χ4v) is 7.03. The van der Waals surface area contributed by atoms with E-state index >= 15 is 0 Å². The third-order valence-electron chi connectivity index (χ3n) is 8.35. The molecular weight excluding hydrogens is 295 g/mol. The van der Waals surface area contributed by atoms with Gasteiger partial charge in [-0.05, 0) is 55.3 Å². The van der Waals surface area contributed by atoms with Crippen molar-refractivity contribution in [2.75, 3.05) is 0 Å². The third kappa shape index (κ3) is 1.97. The maximum absolute atomic E-state index is 14.2. The quantitative estimate of drug-likeness (QED) is 0.673. The molecule has 0 heterocycles. The summed E-state index contributed by atoms with van der Waals surface area (Å²) in [7, 11) is 0. The zero-order valence-electron chi connectivity index (χ0n) is 14.2. The Hall–Kier alpha value is -0.480. The van der Waals surface area contributed by atoms with Gasteiger partial charge in [0.1, 0.15) is 0 Å². The van der Waals surface area contributed by atoms with Gasteiger partial charge >= 0.3 is 0 Å². The van der Waals surface area contributed by atoms with Crippen molar-refractivity contribution in [1.82, 2.24) is 0 Å². The first-order valence-corrected chi connectivity index (χ1v) is 9.33. The maximum Gasteiger partial charge on any atom is 0.173 e. The van der Waals surface area contributed by atoms with Crippen molar-refractivity contribution in [2.45, 2.75) is 77.2 Å². The minimum atomic E-state index is -1.75. The Bertz CT molecular complexity index is 533. The number of carbonyl (C=O) groups excluding carboxylic acids is 1. The third-order valence-corrected chi connectivity index (χ3v) is 8.35. The first-order valence-electron chi connectivity index (χ1n) is 9.33. The van der Waals surface area contributed by atoms with E-state index in [1.165, 1.54) is 12.8 Å². The Labute approximate surface area is 137 Å². The molecule has 4 aliphatic rings. The fourth-order valence-electron chi connectivity index (χ4n) is 7.03. The zero-order valence-corrected chi connectivity index (χ0v) is 14.2. The molecule has 4 aliphatic carbocycles. The van der Waals surface area contributed by atoms with E-state index in [0.717, 1.165) is 19.3 Å². The molecule has 0 spiro atoms. The lowest BCUT2D eigenvalue weighted by molar-refractivity contribution is -0.299. The standard InChI is InChI=1S/C19H29FO3/c1-17-7-4-3-5-11(17)10-19(22,23)15-12(17)6-8-18(2)13(15)9-14(20)16(18)21/h11-15,22-23H,3-10H2,1-2H3/t11?,12-,13+,14?,15-,17+,18+/m1/s1. The second-order valence-electron chi connectivity index (χ2n) is 9.29. The van der Waals surface area contributed by atoms with Gasteiger partial charge in [-0.1, -0.05) is 26.7 Å². The topological polar surface area (TPSA) is 57.5 Å². The summed E-state index contributed by atoms with van der Waals surface area (Å²) in [5.74, 6) is -2.08. The second kappa shape index (κ2) is 4.78. The van der Waals surface area contributed by atoms with Gasteiger partial charge in [0.25, 0.3) is 0 Å². The average molecular weight is 324 g/mol. The van der Waals surface area contributed by atoms with Crippen LogP contribution in [-0.4, -0.2) is 28.0 Å². The van der Waals surface area contributed by atoms with Gasteiger partial charge in [0.05, 0.1) is 0 Å². The molecule has 130 valence electrons. The van der Waals surface area contributed by atoms with Crippen LogP contribution in [0.5, 0.6) is 0 Å². The van der Waals surface area contributed by atoms with Crippen molar-refractivity contribution in [3.63, 3.8) is 0 Å². The monoisotopic (exact) mass is 324 g/mol. The van der Waals surface area contributed by atoms with Crippen LogP contribution < -0.4 is 0 Å². The molecule has 0 bridgehead atoms. The molecule has 2 unspecified atom stereocenters. The molecule has 7 atom stereocenters. The van der Waals surface area contributed by atoms with Gasteiger partial charge in [-0.2, -0.15) is 0 Å². The van der Waals surface area contributed by atoms with Crippen LogP contribution in [-0.2, 0) is 4.79 Å². The first kappa shape index (κ1) is 16.0. The van der Waals surface area contributed by atoms with Gasteiger partial charge in [0, 0.05) is 17.8 Å². The molecule has 2 N–H and O–H groups in total. The van der Waals surface area contributed by atoms with Crippen LogP contribution in [0.1, 0.15) is 65.2 Å². The highest BCUT2D eigenvalue weighted by molar-refractivity contribution is 5.91. The molecule has 4 fully saturated rings. The maximum atomic E-state index is 14.2. The van der Waals surface area contributed by atoms with Gasteiger partial charge in [-0.3, -0.25) is 4.79 Å². The fraction of sp³-hybridized carbons (Fsp3) is 0.947. The first-order chi connectivity index (χ1) is 10.7. The number of fused-ring (bicyclic) bond motifs is 5. The van der Waals surface area contributed by atoms with Crippen molar-refractivity contribution in [3.05, 3.63) is 0 Å². The van der Waals surface area contributed by atoms with E-state index in [2.05, 4.69) is 6.92 Å². The van der Waals surface area contributed by atoms with Gasteiger partial charge in [0.2, 0.25) is 0 Å². The Kier molecular flexibility index (Phi) is 3.33. The molecule has 4 rings (SSSR count). The summed E-state index contributed by atoms with van der Waals surface area (Å²) in [6.45, 7) is 4.18. The van der Waals surface area contributed by atoms with E-state index in [1.54, 1.807) is 0 Å². The molecule has 3 nitrogen and oxygen atoms in total. The summed E-state index contributed by atoms with van der Waals surface area (Å²) in [6.07, 6.45) is 5.24. The molecule has 23 heavy (non-hydrogen) atoms. The molecule has 0 aromatic rings. The van der Waals surface area contributed by atoms with Crippen LogP contribution in [0.2, 0.25) is 0 Å². The largest absolute Gasteiger partial charge is 0.365 e. The molecule has 0 aromatic carbocycles. The van der Waals surface area contributed by atoms with Crippen molar-refractivity contribution < 1.29 is 19.4 Å². The predicted molar refractivity (Wildman–Crippen MR) is 84.2 cm³/mol. The number of alkyl halides is 1. The molecule has 4 heteroatoms. The zero-order chi connectivity index (χ0) is 16.6. The van der Waals surface area contributed by atoms with Crippen molar-refractivity contribution in [2.24, 2.45) is 34.5 Å². The number of Topliss-reactive ketones (excluding diaryl/α,β-unsaturated/α-hetero) is 1. The van der Waals surface area contributed by atoms with E-state index in [-0.39, 0.29) is 35.4 Å². The summed E-state index contributed by atoms with van der Waals surface area (Å²) in [4.78, 5) is 12.4. The van der Waals surface area contributed by atoms with Gasteiger partial charge in [-0.25, -0.2) is 4.39 Å². The Morgan fingerprint density at radius 3 is 2.57 bits per heavy atom. The van der Waals surface area contributed by atoms with Crippen LogP contribution >= 0.6 is 0 Å². The van der Waals surface area contributed by atoms with Gasteiger partial charge in [0.15, 0.2) is 17.7 Å². The predicted octanol–water partition coefficient (Wildman–Crippen LogP) is 3.23. The van der Waals surface area contributed by atoms with Crippen molar-refractivity contribution >= 4 is 5.78 Å². The summed E-state index contributed by atoms with van der Waals surface area (Å²) in [6, 6.07) is 0. The highest BCUT2D eigenvalue weighted by Crippen LogP contribution is 2.67. The lowest BCUT2D eigenvalue weighted by atomic mass is 9.44. The SMILES string of the molecule is C[C@]12CCCCC1CC(O)(O)[C@@H]1[C@H]2CC[C@]2(C)C(=O)C(F)C[C@@H]12. The van der Waals surface area contributed by atoms with Crippen molar-refractivity contribution in [3.8, 4) is 0 Å². The lowest BCUT2D eigenvalue weighted by Gasteiger charge is -2.62. The number of hydrogen-bond acceptors (Lipinski definition) is 3. The average Bonchev–Trinajstić information content (AvgIpc) is 2.71. The molecule has 0 aromatic heterocycles. The Morgan fingerprint density at radius 2 is 1.83 bits per heavy atom. The van der Waals surface area contributed by atoms with E-state index < -0.39 is 17.4 Å². The van der Waals surface area contributed by atoms with Crippen LogP contribution in [0.3, 0.4) is 0 Å². The summed E-state index contributed by atoms with van der Waals surface area (Å²) >= 11 is 0. The number of rotatable bonds is 0. The van der Waals surface area contributed by atoms with Crippen LogP contribution in [0.15, 0.2) is 0 Å². The van der Waals surface area contributed by atoms with Crippen molar-refractivity contribution in [1.29, 1.82) is 0 Å². The van der Waals surface area contributed by atoms with Crippen LogP contribution in [0, 0.1) is 34.5 Å². The Balaban J connectivity index is 1.76. The van der Waals surface area contributed by atoms with E-state index in [0.29, 0.717) is 18.8 Å². The highest BCUT2D eigenvalue weighted by Gasteiger charge is 2.67. The Morgan fingerprint density at radius 1 is 1.09 bits per heavy atom. The normalized spacial score (nSPS) is 55.0. The minimum absolute atomic E-state index is 0.122. The van der Waals surface area contributed by atoms with E-state index in [9.17, 15) is 19.4 Å². The van der Waals surface area contributed by atoms with Gasteiger partial charge in [-0.15, -0.1) is 0 Å². The summed E-state index contributed by atoms with van der Waals surface area (Å²) in [5.41, 5.74) is -0.578. The molecular formula is C19H29FO3. The number of aliphatic hydroxyl groups is 2. The smallest absolute Gasteiger partial charge is 0.173 e. The lowest BCUT2D eigenvalue weighted by Crippen LogP contribution is -2.63. The highest BCUT2D eigenvalue weighted by atomic mass is 19.1. The van der Waals surface area contributed by atoms with Crippen LogP contribution in [0.25, 0.3) is 0 Å². The molecule has 0 radical (unpaired) electrons. The molecule has 0 saturated heterocycles. The number of ketones is 1. The number of halogens is 1. The van der Waals surface area contributed by atoms with E-state index in [1.807, 2.05) is 6.92 Å². The summed E-state index contributed by atoms with van der Waals surface area (Å²) < 4.78 is 14.2. The second-order valence-corrected chi connectivity index (χ2v) is 9.29. The molecule has 0 aliphatic heterocycles. The van der Waals surface area contributed by atoms with Crippen LogP contribution in [0.4, 0.5) is 4.39 Å². The van der Waals surface area contributed by atoms with E-state index in [4.69, 9.17) is 0 Å².